The predicted octanol–water partition coefficient (Wildman–Crippen LogP) is -0.694. The first-order valence-corrected chi connectivity index (χ1v) is 7.01. The number of amides is 1. The summed E-state index contributed by atoms with van der Waals surface area (Å²) in [5.41, 5.74) is 6.32. The second-order valence-corrected chi connectivity index (χ2v) is 5.57. The minimum absolute atomic E-state index is 0.109. The minimum Gasteiger partial charge on any atom is -0.495 e. The SMILES string of the molecule is COc1ccc(C[C@@H](N)NC(C)=O)cc1S(N)(=O)=O. The molecule has 0 heterocycles. The van der Waals surface area contributed by atoms with Gasteiger partial charge in [-0.3, -0.25) is 4.79 Å². The summed E-state index contributed by atoms with van der Waals surface area (Å²) < 4.78 is 27.8. The maximum atomic E-state index is 11.4. The fourth-order valence-electron chi connectivity index (χ4n) is 1.64. The lowest BCUT2D eigenvalue weighted by Gasteiger charge is -2.14. The summed E-state index contributed by atoms with van der Waals surface area (Å²) in [5.74, 6) is -0.0907. The van der Waals surface area contributed by atoms with Crippen molar-refractivity contribution in [3.8, 4) is 5.75 Å². The van der Waals surface area contributed by atoms with Gasteiger partial charge in [-0.1, -0.05) is 6.07 Å². The van der Waals surface area contributed by atoms with Gasteiger partial charge in [-0.2, -0.15) is 0 Å². The van der Waals surface area contributed by atoms with Crippen LogP contribution in [0, 0.1) is 0 Å². The van der Waals surface area contributed by atoms with Gasteiger partial charge in [0.05, 0.1) is 13.3 Å². The maximum absolute atomic E-state index is 11.4. The number of nitrogens with two attached hydrogens (primary N) is 2. The molecule has 1 aromatic carbocycles. The van der Waals surface area contributed by atoms with Crippen LogP contribution in [0.3, 0.4) is 0 Å². The van der Waals surface area contributed by atoms with Crippen LogP contribution in [0.4, 0.5) is 0 Å². The quantitative estimate of drug-likeness (QED) is 0.618. The number of sulfonamides is 1. The first-order valence-electron chi connectivity index (χ1n) is 5.46. The third kappa shape index (κ3) is 4.51. The van der Waals surface area contributed by atoms with Crippen LogP contribution in [0.15, 0.2) is 23.1 Å². The molecule has 1 rings (SSSR count). The zero-order valence-corrected chi connectivity index (χ0v) is 11.5. The molecule has 0 unspecified atom stereocenters. The molecule has 106 valence electrons. The summed E-state index contributed by atoms with van der Waals surface area (Å²) in [4.78, 5) is 10.7. The van der Waals surface area contributed by atoms with Crippen LogP contribution >= 0.6 is 0 Å². The van der Waals surface area contributed by atoms with Crippen molar-refractivity contribution in [1.82, 2.24) is 5.32 Å². The molecule has 0 saturated carbocycles. The molecule has 0 saturated heterocycles. The van der Waals surface area contributed by atoms with E-state index in [1.807, 2.05) is 0 Å². The van der Waals surface area contributed by atoms with Crippen LogP contribution in [-0.4, -0.2) is 27.6 Å². The van der Waals surface area contributed by atoms with E-state index in [1.54, 1.807) is 6.07 Å². The van der Waals surface area contributed by atoms with Gasteiger partial charge in [0.25, 0.3) is 0 Å². The Hall–Kier alpha value is -1.64. The molecule has 1 atom stereocenters. The summed E-state index contributed by atoms with van der Waals surface area (Å²) in [6, 6.07) is 4.54. The Labute approximate surface area is 112 Å². The highest BCUT2D eigenvalue weighted by atomic mass is 32.2. The van der Waals surface area contributed by atoms with E-state index in [9.17, 15) is 13.2 Å². The number of carbonyl (C=O) groups is 1. The van der Waals surface area contributed by atoms with E-state index in [-0.39, 0.29) is 23.0 Å². The molecule has 0 spiro atoms. The van der Waals surface area contributed by atoms with Crippen LogP contribution in [0.2, 0.25) is 0 Å². The van der Waals surface area contributed by atoms with Crippen molar-refractivity contribution in [2.75, 3.05) is 7.11 Å². The molecule has 5 N–H and O–H groups in total. The standard InChI is InChI=1S/C11H17N3O4S/c1-7(15)14-11(12)6-8-3-4-9(18-2)10(5-8)19(13,16)17/h3-5,11H,6,12H2,1-2H3,(H,14,15)(H2,13,16,17)/t11-/m0/s1. The highest BCUT2D eigenvalue weighted by Gasteiger charge is 2.16. The smallest absolute Gasteiger partial charge is 0.241 e. The van der Waals surface area contributed by atoms with Gasteiger partial charge in [-0.05, 0) is 17.7 Å². The zero-order valence-electron chi connectivity index (χ0n) is 10.7. The normalized spacial score (nSPS) is 12.8. The molecule has 0 aliphatic carbocycles. The molecule has 0 aromatic heterocycles. The van der Waals surface area contributed by atoms with Gasteiger partial charge in [-0.25, -0.2) is 13.6 Å². The topological polar surface area (TPSA) is 125 Å². The molecule has 19 heavy (non-hydrogen) atoms. The molecule has 0 aliphatic heterocycles. The molecule has 1 amide bonds. The molecule has 0 radical (unpaired) electrons. The van der Waals surface area contributed by atoms with Gasteiger partial charge in [-0.15, -0.1) is 0 Å². The van der Waals surface area contributed by atoms with Crippen LogP contribution in [0.25, 0.3) is 0 Å². The van der Waals surface area contributed by atoms with Gasteiger partial charge in [0.2, 0.25) is 15.9 Å². The monoisotopic (exact) mass is 287 g/mol. The number of rotatable bonds is 5. The number of ether oxygens (including phenoxy) is 1. The summed E-state index contributed by atoms with van der Waals surface area (Å²) >= 11 is 0. The number of nitrogens with one attached hydrogen (secondary N) is 1. The Kier molecular flexibility index (Phi) is 4.87. The Morgan fingerprint density at radius 2 is 2.11 bits per heavy atom. The van der Waals surface area contributed by atoms with Crippen molar-refractivity contribution in [3.63, 3.8) is 0 Å². The number of methoxy groups -OCH3 is 1. The van der Waals surface area contributed by atoms with E-state index in [0.717, 1.165) is 0 Å². The first kappa shape index (κ1) is 15.4. The number of benzene rings is 1. The number of hydrogen-bond acceptors (Lipinski definition) is 5. The molecular weight excluding hydrogens is 270 g/mol. The van der Waals surface area contributed by atoms with E-state index >= 15 is 0 Å². The predicted molar refractivity (Wildman–Crippen MR) is 69.9 cm³/mol. The lowest BCUT2D eigenvalue weighted by atomic mass is 10.1. The summed E-state index contributed by atoms with van der Waals surface area (Å²) in [6.45, 7) is 1.35. The largest absolute Gasteiger partial charge is 0.495 e. The van der Waals surface area contributed by atoms with E-state index in [0.29, 0.717) is 5.56 Å². The summed E-state index contributed by atoms with van der Waals surface area (Å²) in [6.07, 6.45) is -0.314. The molecule has 0 aliphatic rings. The van der Waals surface area contributed by atoms with Gasteiger partial charge in [0.1, 0.15) is 10.6 Å². The summed E-state index contributed by atoms with van der Waals surface area (Å²) in [7, 11) is -2.53. The Morgan fingerprint density at radius 1 is 1.47 bits per heavy atom. The number of carbonyl (C=O) groups excluding carboxylic acids is 1. The molecule has 0 bridgehead atoms. The van der Waals surface area contributed by atoms with Crippen molar-refractivity contribution in [2.24, 2.45) is 10.9 Å². The van der Waals surface area contributed by atoms with Gasteiger partial charge in [0.15, 0.2) is 0 Å². The highest BCUT2D eigenvalue weighted by molar-refractivity contribution is 7.89. The fourth-order valence-corrected chi connectivity index (χ4v) is 2.38. The van der Waals surface area contributed by atoms with Crippen LogP contribution in [0.1, 0.15) is 12.5 Å². The second-order valence-electron chi connectivity index (χ2n) is 4.04. The van der Waals surface area contributed by atoms with Gasteiger partial charge in [0, 0.05) is 13.3 Å². The van der Waals surface area contributed by atoms with E-state index < -0.39 is 16.2 Å². The van der Waals surface area contributed by atoms with Crippen molar-refractivity contribution >= 4 is 15.9 Å². The molecule has 1 aromatic rings. The van der Waals surface area contributed by atoms with Crippen LogP contribution < -0.4 is 20.9 Å². The van der Waals surface area contributed by atoms with Crippen molar-refractivity contribution < 1.29 is 17.9 Å². The van der Waals surface area contributed by atoms with Gasteiger partial charge >= 0.3 is 0 Å². The molecular formula is C11H17N3O4S. The van der Waals surface area contributed by atoms with Crippen LogP contribution in [0.5, 0.6) is 5.75 Å². The van der Waals surface area contributed by atoms with Gasteiger partial charge < -0.3 is 15.8 Å². The number of primary sulfonamides is 1. The lowest BCUT2D eigenvalue weighted by molar-refractivity contribution is -0.119. The Morgan fingerprint density at radius 3 is 2.58 bits per heavy atom. The maximum Gasteiger partial charge on any atom is 0.241 e. The minimum atomic E-state index is -3.88. The van der Waals surface area contributed by atoms with E-state index in [4.69, 9.17) is 15.6 Å². The third-order valence-electron chi connectivity index (χ3n) is 2.38. The Bertz CT molecular complexity index is 571. The fraction of sp³-hybridized carbons (Fsp3) is 0.364. The van der Waals surface area contributed by atoms with Crippen molar-refractivity contribution in [1.29, 1.82) is 0 Å². The average Bonchev–Trinajstić information content (AvgIpc) is 2.26. The molecule has 0 fully saturated rings. The van der Waals surface area contributed by atoms with Crippen LogP contribution in [-0.2, 0) is 21.2 Å². The number of hydrogen-bond donors (Lipinski definition) is 3. The zero-order chi connectivity index (χ0) is 14.6. The third-order valence-corrected chi connectivity index (χ3v) is 3.31. The van der Waals surface area contributed by atoms with Crippen molar-refractivity contribution in [3.05, 3.63) is 23.8 Å². The summed E-state index contributed by atoms with van der Waals surface area (Å²) in [5, 5.41) is 7.61. The Balaban J connectivity index is 3.02. The second kappa shape index (κ2) is 6.00. The van der Waals surface area contributed by atoms with E-state index in [1.165, 1.54) is 26.2 Å². The molecule has 7 nitrogen and oxygen atoms in total. The van der Waals surface area contributed by atoms with Crippen molar-refractivity contribution in [2.45, 2.75) is 24.4 Å². The average molecular weight is 287 g/mol. The first-order chi connectivity index (χ1) is 8.74. The van der Waals surface area contributed by atoms with E-state index in [2.05, 4.69) is 5.32 Å². The molecule has 8 heteroatoms. The highest BCUT2D eigenvalue weighted by Crippen LogP contribution is 2.24. The lowest BCUT2D eigenvalue weighted by Crippen LogP contribution is -2.41.